The first-order valence-corrected chi connectivity index (χ1v) is 9.29. The molecule has 126 valence electrons. The smallest absolute Gasteiger partial charge is 0.241 e. The largest absolute Gasteiger partial charge is 0.377 e. The monoisotopic (exact) mass is 335 g/mol. The van der Waals surface area contributed by atoms with Crippen molar-refractivity contribution in [2.45, 2.75) is 30.7 Å². The van der Waals surface area contributed by atoms with Gasteiger partial charge in [-0.25, -0.2) is 13.1 Å². The molecule has 0 aromatic heterocycles. The second-order valence-electron chi connectivity index (χ2n) is 5.92. The lowest BCUT2D eigenvalue weighted by molar-refractivity contribution is 0.553. The summed E-state index contributed by atoms with van der Waals surface area (Å²) in [5.41, 5.74) is 6.90. The number of fused-ring (bicyclic) bond motifs is 1. The van der Waals surface area contributed by atoms with Gasteiger partial charge in [-0.05, 0) is 18.6 Å². The van der Waals surface area contributed by atoms with Crippen LogP contribution in [0.4, 0.5) is 5.69 Å². The molecule has 2 aromatic rings. The Kier molecular flexibility index (Phi) is 5.62. The first-order valence-electron chi connectivity index (χ1n) is 7.81. The Hall–Kier alpha value is -1.63. The highest BCUT2D eigenvalue weighted by atomic mass is 32.2. The first-order chi connectivity index (χ1) is 10.9. The van der Waals surface area contributed by atoms with Crippen molar-refractivity contribution in [3.05, 3.63) is 36.4 Å². The zero-order valence-corrected chi connectivity index (χ0v) is 14.7. The Morgan fingerprint density at radius 2 is 1.78 bits per heavy atom. The first kappa shape index (κ1) is 17.7. The average molecular weight is 335 g/mol. The Morgan fingerprint density at radius 1 is 1.13 bits per heavy atom. The van der Waals surface area contributed by atoms with Crippen LogP contribution in [0.5, 0.6) is 0 Å². The van der Waals surface area contributed by atoms with Crippen LogP contribution >= 0.6 is 0 Å². The molecule has 2 rings (SSSR count). The van der Waals surface area contributed by atoms with Crippen molar-refractivity contribution < 1.29 is 8.42 Å². The minimum absolute atomic E-state index is 0.165. The van der Waals surface area contributed by atoms with Gasteiger partial charge in [0.1, 0.15) is 0 Å². The average Bonchev–Trinajstić information content (AvgIpc) is 2.52. The van der Waals surface area contributed by atoms with Crippen LogP contribution in [0.2, 0.25) is 0 Å². The van der Waals surface area contributed by atoms with Gasteiger partial charge >= 0.3 is 0 Å². The third-order valence-electron chi connectivity index (χ3n) is 3.83. The van der Waals surface area contributed by atoms with E-state index in [1.165, 1.54) is 0 Å². The summed E-state index contributed by atoms with van der Waals surface area (Å²) in [6, 6.07) is 10.9. The van der Waals surface area contributed by atoms with Crippen molar-refractivity contribution in [3.63, 3.8) is 0 Å². The molecule has 2 aromatic carbocycles. The number of benzene rings is 2. The van der Waals surface area contributed by atoms with Gasteiger partial charge in [-0.15, -0.1) is 0 Å². The molecule has 0 aliphatic carbocycles. The van der Waals surface area contributed by atoms with Crippen molar-refractivity contribution >= 4 is 26.5 Å². The van der Waals surface area contributed by atoms with Crippen LogP contribution in [-0.4, -0.2) is 35.1 Å². The van der Waals surface area contributed by atoms with Gasteiger partial charge in [0, 0.05) is 43.1 Å². The highest BCUT2D eigenvalue weighted by Crippen LogP contribution is 2.30. The van der Waals surface area contributed by atoms with Crippen molar-refractivity contribution in [2.75, 3.05) is 25.5 Å². The number of nitrogens with two attached hydrogens (primary N) is 1. The van der Waals surface area contributed by atoms with Gasteiger partial charge in [-0.1, -0.05) is 37.6 Å². The molecule has 0 bridgehead atoms. The predicted octanol–water partition coefficient (Wildman–Crippen LogP) is 2.31. The fourth-order valence-corrected chi connectivity index (χ4v) is 3.97. The van der Waals surface area contributed by atoms with E-state index in [1.807, 2.05) is 50.2 Å². The van der Waals surface area contributed by atoms with Gasteiger partial charge in [0.25, 0.3) is 0 Å². The van der Waals surface area contributed by atoms with E-state index in [2.05, 4.69) is 4.72 Å². The summed E-state index contributed by atoms with van der Waals surface area (Å²) in [4.78, 5) is 2.27. The molecule has 0 aliphatic heterocycles. The zero-order valence-electron chi connectivity index (χ0n) is 13.9. The van der Waals surface area contributed by atoms with E-state index in [4.69, 9.17) is 5.73 Å². The number of nitrogens with zero attached hydrogens (tertiary/aromatic N) is 1. The highest BCUT2D eigenvalue weighted by Gasteiger charge is 2.19. The van der Waals surface area contributed by atoms with Crippen molar-refractivity contribution in [3.8, 4) is 0 Å². The Morgan fingerprint density at radius 3 is 2.43 bits per heavy atom. The molecule has 0 heterocycles. The molecule has 5 nitrogen and oxygen atoms in total. The molecule has 0 spiro atoms. The summed E-state index contributed by atoms with van der Waals surface area (Å²) in [7, 11) is 0.294. The van der Waals surface area contributed by atoms with Gasteiger partial charge < -0.3 is 10.6 Å². The van der Waals surface area contributed by atoms with E-state index in [9.17, 15) is 8.42 Å². The minimum atomic E-state index is -3.59. The topological polar surface area (TPSA) is 75.4 Å². The Bertz CT molecular complexity index is 773. The second-order valence-corrected chi connectivity index (χ2v) is 7.66. The molecule has 0 amide bonds. The molecule has 1 atom stereocenters. The maximum atomic E-state index is 12.7. The summed E-state index contributed by atoms with van der Waals surface area (Å²) in [6.45, 7) is 2.28. The van der Waals surface area contributed by atoms with E-state index < -0.39 is 10.0 Å². The molecule has 6 heteroatoms. The molecule has 0 radical (unpaired) electrons. The molecule has 0 fully saturated rings. The summed E-state index contributed by atoms with van der Waals surface area (Å²) >= 11 is 0. The Balaban J connectivity index is 2.41. The predicted molar refractivity (Wildman–Crippen MR) is 96.3 cm³/mol. The quantitative estimate of drug-likeness (QED) is 0.814. The molecule has 23 heavy (non-hydrogen) atoms. The van der Waals surface area contributed by atoms with Crippen LogP contribution in [0, 0.1) is 0 Å². The molecular formula is C17H25N3O2S. The Labute approximate surface area is 138 Å². The lowest BCUT2D eigenvalue weighted by Crippen LogP contribution is -2.37. The van der Waals surface area contributed by atoms with E-state index in [0.717, 1.165) is 29.3 Å². The van der Waals surface area contributed by atoms with Crippen molar-refractivity contribution in [2.24, 2.45) is 5.73 Å². The van der Waals surface area contributed by atoms with Gasteiger partial charge in [-0.2, -0.15) is 0 Å². The summed E-state index contributed by atoms with van der Waals surface area (Å²) in [5.74, 6) is 0. The lowest BCUT2D eigenvalue weighted by Gasteiger charge is -2.17. The van der Waals surface area contributed by atoms with Gasteiger partial charge in [0.15, 0.2) is 0 Å². The molecule has 0 aliphatic rings. The molecular weight excluding hydrogens is 310 g/mol. The third-order valence-corrected chi connectivity index (χ3v) is 5.31. The van der Waals surface area contributed by atoms with E-state index in [-0.39, 0.29) is 12.6 Å². The standard InChI is InChI=1S/C17H25N3O2S/c1-4-7-13(18)12-19-23(21,22)17-11-6-8-14-15(17)9-5-10-16(14)20(2)3/h5-6,8-11,13,19H,4,7,12,18H2,1-3H3. The maximum absolute atomic E-state index is 12.7. The number of anilines is 1. The minimum Gasteiger partial charge on any atom is -0.377 e. The number of hydrogen-bond acceptors (Lipinski definition) is 4. The SMILES string of the molecule is CCCC(N)CNS(=O)(=O)c1cccc2c(N(C)C)cccc12. The van der Waals surface area contributed by atoms with Crippen molar-refractivity contribution in [1.82, 2.24) is 4.72 Å². The lowest BCUT2D eigenvalue weighted by atomic mass is 10.1. The van der Waals surface area contributed by atoms with Crippen LogP contribution in [-0.2, 0) is 10.0 Å². The number of sulfonamides is 1. The van der Waals surface area contributed by atoms with E-state index >= 15 is 0 Å². The fourth-order valence-electron chi connectivity index (χ4n) is 2.66. The van der Waals surface area contributed by atoms with Gasteiger partial charge in [0.2, 0.25) is 10.0 Å². The molecule has 1 unspecified atom stereocenters. The molecule has 0 saturated carbocycles. The van der Waals surface area contributed by atoms with E-state index in [1.54, 1.807) is 12.1 Å². The van der Waals surface area contributed by atoms with E-state index in [0.29, 0.717) is 4.90 Å². The van der Waals surface area contributed by atoms with Crippen LogP contribution in [0.1, 0.15) is 19.8 Å². The van der Waals surface area contributed by atoms with Crippen LogP contribution < -0.4 is 15.4 Å². The zero-order chi connectivity index (χ0) is 17.0. The fraction of sp³-hybridized carbons (Fsp3) is 0.412. The third kappa shape index (κ3) is 4.02. The number of hydrogen-bond donors (Lipinski definition) is 2. The second kappa shape index (κ2) is 7.29. The maximum Gasteiger partial charge on any atom is 0.241 e. The summed E-state index contributed by atoms with van der Waals surface area (Å²) in [5, 5.41) is 1.63. The number of nitrogens with one attached hydrogen (secondary N) is 1. The normalized spacial score (nSPS) is 13.2. The molecule has 0 saturated heterocycles. The van der Waals surface area contributed by atoms with Crippen LogP contribution in [0.3, 0.4) is 0 Å². The van der Waals surface area contributed by atoms with Crippen LogP contribution in [0.25, 0.3) is 10.8 Å². The number of rotatable bonds is 7. The molecule has 3 N–H and O–H groups in total. The van der Waals surface area contributed by atoms with Gasteiger partial charge in [-0.3, -0.25) is 0 Å². The van der Waals surface area contributed by atoms with Crippen molar-refractivity contribution in [1.29, 1.82) is 0 Å². The highest BCUT2D eigenvalue weighted by molar-refractivity contribution is 7.89. The summed E-state index contributed by atoms with van der Waals surface area (Å²) < 4.78 is 27.9. The van der Waals surface area contributed by atoms with Crippen LogP contribution in [0.15, 0.2) is 41.3 Å². The summed E-state index contributed by atoms with van der Waals surface area (Å²) in [6.07, 6.45) is 1.73. The van der Waals surface area contributed by atoms with Gasteiger partial charge in [0.05, 0.1) is 4.90 Å².